The summed E-state index contributed by atoms with van der Waals surface area (Å²) in [6, 6.07) is 10.7. The van der Waals surface area contributed by atoms with Gasteiger partial charge in [-0.3, -0.25) is 0 Å². The number of para-hydroxylation sites is 1. The maximum absolute atomic E-state index is 2.33. The van der Waals surface area contributed by atoms with Gasteiger partial charge in [0, 0.05) is 17.8 Å². The van der Waals surface area contributed by atoms with Gasteiger partial charge < -0.3 is 4.57 Å². The summed E-state index contributed by atoms with van der Waals surface area (Å²) in [5, 5.41) is 1.33. The topological polar surface area (TPSA) is 4.93 Å². The predicted molar refractivity (Wildman–Crippen MR) is 61.5 cm³/mol. The molecule has 0 saturated carbocycles. The first kappa shape index (κ1) is 9.07. The van der Waals surface area contributed by atoms with Crippen LogP contribution in [0.4, 0.5) is 0 Å². The Labute approximate surface area is 84.7 Å². The van der Waals surface area contributed by atoms with Crippen LogP contribution >= 0.6 is 0 Å². The zero-order valence-electron chi connectivity index (χ0n) is 8.70. The fraction of sp³-hybridized carbons (Fsp3) is 0.231. The van der Waals surface area contributed by atoms with E-state index in [0.29, 0.717) is 0 Å². The fourth-order valence-corrected chi connectivity index (χ4v) is 1.80. The van der Waals surface area contributed by atoms with Gasteiger partial charge in [0.25, 0.3) is 0 Å². The molecule has 72 valence electrons. The average molecular weight is 185 g/mol. The highest BCUT2D eigenvalue weighted by Gasteiger charge is 2.01. The molecule has 2 aromatic rings. The van der Waals surface area contributed by atoms with Gasteiger partial charge in [-0.05, 0) is 31.4 Å². The highest BCUT2D eigenvalue weighted by Crippen LogP contribution is 2.18. The van der Waals surface area contributed by atoms with Crippen LogP contribution in [0.25, 0.3) is 10.9 Å². The summed E-state index contributed by atoms with van der Waals surface area (Å²) in [6.45, 7) is 5.18. The van der Waals surface area contributed by atoms with Crippen LogP contribution < -0.4 is 0 Å². The molecule has 1 aromatic heterocycles. The molecule has 1 nitrogen and oxygen atoms in total. The van der Waals surface area contributed by atoms with Gasteiger partial charge in [-0.1, -0.05) is 30.4 Å². The Morgan fingerprint density at radius 3 is 2.86 bits per heavy atom. The van der Waals surface area contributed by atoms with Crippen molar-refractivity contribution in [3.8, 4) is 0 Å². The Kier molecular flexibility index (Phi) is 2.40. The quantitative estimate of drug-likeness (QED) is 0.631. The highest BCUT2D eigenvalue weighted by molar-refractivity contribution is 5.81. The molecule has 0 amide bonds. The van der Waals surface area contributed by atoms with Crippen LogP contribution in [0.3, 0.4) is 0 Å². The van der Waals surface area contributed by atoms with Crippen molar-refractivity contribution < 1.29 is 0 Å². The first-order chi connectivity index (χ1) is 6.83. The van der Waals surface area contributed by atoms with Crippen LogP contribution in [0.1, 0.15) is 12.6 Å². The van der Waals surface area contributed by atoms with Crippen LogP contribution in [0.5, 0.6) is 0 Å². The normalized spacial score (nSPS) is 11.6. The molecule has 0 aliphatic heterocycles. The van der Waals surface area contributed by atoms with Crippen molar-refractivity contribution in [1.82, 2.24) is 4.57 Å². The Morgan fingerprint density at radius 2 is 2.07 bits per heavy atom. The minimum Gasteiger partial charge on any atom is -0.341 e. The number of benzene rings is 1. The molecule has 0 atom stereocenters. The molecule has 1 heteroatoms. The molecule has 0 spiro atoms. The molecule has 0 aliphatic carbocycles. The second kappa shape index (κ2) is 3.70. The van der Waals surface area contributed by atoms with E-state index < -0.39 is 0 Å². The number of nitrogens with zero attached hydrogens (tertiary/aromatic N) is 1. The van der Waals surface area contributed by atoms with E-state index in [9.17, 15) is 0 Å². The third kappa shape index (κ3) is 1.46. The second-order valence-electron chi connectivity index (χ2n) is 3.52. The fourth-order valence-electron chi connectivity index (χ4n) is 1.80. The smallest absolute Gasteiger partial charge is 0.0485 e. The summed E-state index contributed by atoms with van der Waals surface area (Å²) in [4.78, 5) is 0. The number of fused-ring (bicyclic) bond motifs is 1. The van der Waals surface area contributed by atoms with Gasteiger partial charge in [0.1, 0.15) is 0 Å². The molecular weight excluding hydrogens is 170 g/mol. The first-order valence-electron chi connectivity index (χ1n) is 4.99. The van der Waals surface area contributed by atoms with Crippen LogP contribution in [-0.2, 0) is 6.54 Å². The largest absolute Gasteiger partial charge is 0.341 e. The van der Waals surface area contributed by atoms with Crippen LogP contribution in [0.15, 0.2) is 42.5 Å². The maximum Gasteiger partial charge on any atom is 0.0485 e. The molecule has 0 radical (unpaired) electrons. The maximum atomic E-state index is 2.33. The zero-order valence-corrected chi connectivity index (χ0v) is 8.70. The summed E-state index contributed by atoms with van der Waals surface area (Å²) in [6.07, 6.45) is 4.27. The third-order valence-corrected chi connectivity index (χ3v) is 2.54. The van der Waals surface area contributed by atoms with Gasteiger partial charge in [0.05, 0.1) is 0 Å². The lowest BCUT2D eigenvalue weighted by Gasteiger charge is -2.03. The van der Waals surface area contributed by atoms with Crippen molar-refractivity contribution in [2.75, 3.05) is 0 Å². The summed E-state index contributed by atoms with van der Waals surface area (Å²) in [5.74, 6) is 0. The SMILES string of the molecule is C/C=C/Cn1c(C)cc2ccccc21. The van der Waals surface area contributed by atoms with Gasteiger partial charge >= 0.3 is 0 Å². The molecule has 0 N–H and O–H groups in total. The summed E-state index contributed by atoms with van der Waals surface area (Å²) in [7, 11) is 0. The van der Waals surface area contributed by atoms with Gasteiger partial charge in [-0.15, -0.1) is 0 Å². The summed E-state index contributed by atoms with van der Waals surface area (Å²) in [5.41, 5.74) is 2.65. The van der Waals surface area contributed by atoms with Crippen LogP contribution in [-0.4, -0.2) is 4.57 Å². The molecule has 0 saturated heterocycles. The van der Waals surface area contributed by atoms with Gasteiger partial charge in [0.15, 0.2) is 0 Å². The molecule has 0 fully saturated rings. The number of aromatic nitrogens is 1. The average Bonchev–Trinajstić information content (AvgIpc) is 2.51. The Balaban J connectivity index is 2.56. The molecule has 0 bridgehead atoms. The van der Waals surface area contributed by atoms with Crippen molar-refractivity contribution >= 4 is 10.9 Å². The van der Waals surface area contributed by atoms with E-state index >= 15 is 0 Å². The molecular formula is C13H15N. The van der Waals surface area contributed by atoms with E-state index in [1.165, 1.54) is 16.6 Å². The monoisotopic (exact) mass is 185 g/mol. The van der Waals surface area contributed by atoms with Crippen molar-refractivity contribution in [3.63, 3.8) is 0 Å². The number of rotatable bonds is 2. The standard InChI is InChI=1S/C13H15N/c1-3-4-9-14-11(2)10-12-7-5-6-8-13(12)14/h3-8,10H,9H2,1-2H3/b4-3+. The number of hydrogen-bond donors (Lipinski definition) is 0. The molecule has 14 heavy (non-hydrogen) atoms. The lowest BCUT2D eigenvalue weighted by molar-refractivity contribution is 0.827. The Hall–Kier alpha value is -1.50. The van der Waals surface area contributed by atoms with Crippen molar-refractivity contribution in [2.24, 2.45) is 0 Å². The molecule has 0 aliphatic rings. The minimum atomic E-state index is 0.968. The molecule has 0 unspecified atom stereocenters. The van der Waals surface area contributed by atoms with E-state index in [1.54, 1.807) is 0 Å². The molecule has 1 heterocycles. The number of hydrogen-bond acceptors (Lipinski definition) is 0. The van der Waals surface area contributed by atoms with E-state index in [0.717, 1.165) is 6.54 Å². The van der Waals surface area contributed by atoms with E-state index in [1.807, 2.05) is 0 Å². The second-order valence-corrected chi connectivity index (χ2v) is 3.52. The lowest BCUT2D eigenvalue weighted by atomic mass is 10.2. The van der Waals surface area contributed by atoms with E-state index in [-0.39, 0.29) is 0 Å². The van der Waals surface area contributed by atoms with Gasteiger partial charge in [-0.25, -0.2) is 0 Å². The summed E-state index contributed by atoms with van der Waals surface area (Å²) < 4.78 is 2.33. The van der Waals surface area contributed by atoms with Crippen molar-refractivity contribution in [3.05, 3.63) is 48.2 Å². The van der Waals surface area contributed by atoms with Crippen molar-refractivity contribution in [2.45, 2.75) is 20.4 Å². The van der Waals surface area contributed by atoms with Crippen LogP contribution in [0.2, 0.25) is 0 Å². The molecule has 1 aromatic carbocycles. The Morgan fingerprint density at radius 1 is 1.29 bits per heavy atom. The van der Waals surface area contributed by atoms with Crippen LogP contribution in [0, 0.1) is 6.92 Å². The number of allylic oxidation sites excluding steroid dienone is 2. The first-order valence-corrected chi connectivity index (χ1v) is 4.99. The Bertz CT molecular complexity index is 463. The predicted octanol–water partition coefficient (Wildman–Crippen LogP) is 3.53. The minimum absolute atomic E-state index is 0.968. The van der Waals surface area contributed by atoms with E-state index in [2.05, 4.69) is 60.9 Å². The lowest BCUT2D eigenvalue weighted by Crippen LogP contribution is -1.96. The van der Waals surface area contributed by atoms with Crippen molar-refractivity contribution in [1.29, 1.82) is 0 Å². The summed E-state index contributed by atoms with van der Waals surface area (Å²) >= 11 is 0. The zero-order chi connectivity index (χ0) is 9.97. The van der Waals surface area contributed by atoms with Gasteiger partial charge in [-0.2, -0.15) is 0 Å². The third-order valence-electron chi connectivity index (χ3n) is 2.54. The molecule has 2 rings (SSSR count). The van der Waals surface area contributed by atoms with Gasteiger partial charge in [0.2, 0.25) is 0 Å². The highest BCUT2D eigenvalue weighted by atomic mass is 15.0. The number of aryl methyl sites for hydroxylation is 1. The van der Waals surface area contributed by atoms with E-state index in [4.69, 9.17) is 0 Å².